The molecule has 3 nitrogen and oxygen atoms in total. The van der Waals surface area contributed by atoms with Gasteiger partial charge in [-0.2, -0.15) is 0 Å². The van der Waals surface area contributed by atoms with Crippen molar-refractivity contribution in [1.29, 1.82) is 0 Å². The Hall–Kier alpha value is -1.87. The van der Waals surface area contributed by atoms with Crippen LogP contribution in [0.2, 0.25) is 5.02 Å². The van der Waals surface area contributed by atoms with E-state index in [1.165, 1.54) is 0 Å². The molecule has 0 aliphatic heterocycles. The van der Waals surface area contributed by atoms with Crippen LogP contribution in [0.4, 0.5) is 5.69 Å². The lowest BCUT2D eigenvalue weighted by Crippen LogP contribution is -2.32. The molecule has 0 saturated heterocycles. The molecule has 0 radical (unpaired) electrons. The summed E-state index contributed by atoms with van der Waals surface area (Å²) in [7, 11) is 1.81. The lowest BCUT2D eigenvalue weighted by atomic mass is 9.93. The number of benzene rings is 1. The summed E-state index contributed by atoms with van der Waals surface area (Å²) < 4.78 is 0. The van der Waals surface area contributed by atoms with Crippen LogP contribution in [-0.2, 0) is 4.79 Å². The van der Waals surface area contributed by atoms with Crippen LogP contribution in [0, 0.1) is 6.92 Å². The first-order valence-corrected chi connectivity index (χ1v) is 7.86. The van der Waals surface area contributed by atoms with Gasteiger partial charge >= 0.3 is 0 Å². The van der Waals surface area contributed by atoms with Crippen LogP contribution < -0.4 is 4.90 Å². The molecule has 0 bridgehead atoms. The zero-order valence-electron chi connectivity index (χ0n) is 13.2. The lowest BCUT2D eigenvalue weighted by molar-refractivity contribution is -0.119. The smallest absolute Gasteiger partial charge is 0.234 e. The third-order valence-corrected chi connectivity index (χ3v) is 4.06. The maximum Gasteiger partial charge on any atom is 0.234 e. The molecule has 2 rings (SSSR count). The fourth-order valence-corrected chi connectivity index (χ4v) is 2.80. The van der Waals surface area contributed by atoms with Crippen molar-refractivity contribution in [2.24, 2.45) is 0 Å². The monoisotopic (exact) mass is 316 g/mol. The zero-order valence-corrected chi connectivity index (χ0v) is 14.0. The number of anilines is 1. The molecule has 1 heterocycles. The summed E-state index contributed by atoms with van der Waals surface area (Å²) in [5, 5.41) is 0.659. The van der Waals surface area contributed by atoms with E-state index in [0.717, 1.165) is 29.7 Å². The Morgan fingerprint density at radius 3 is 2.77 bits per heavy atom. The van der Waals surface area contributed by atoms with Gasteiger partial charge < -0.3 is 4.90 Å². The molecule has 2 aromatic rings. The van der Waals surface area contributed by atoms with Gasteiger partial charge in [-0.05, 0) is 42.7 Å². The minimum absolute atomic E-state index is 0.0696. The molecular weight excluding hydrogens is 296 g/mol. The Bertz CT molecular complexity index is 657. The number of rotatable bonds is 5. The van der Waals surface area contributed by atoms with Crippen LogP contribution in [0.1, 0.15) is 36.8 Å². The first-order chi connectivity index (χ1) is 10.5. The second-order valence-electron chi connectivity index (χ2n) is 5.46. The Morgan fingerprint density at radius 2 is 2.14 bits per heavy atom. The summed E-state index contributed by atoms with van der Waals surface area (Å²) >= 11 is 6.08. The molecule has 0 aliphatic carbocycles. The molecule has 116 valence electrons. The Morgan fingerprint density at radius 1 is 1.36 bits per heavy atom. The van der Waals surface area contributed by atoms with E-state index in [-0.39, 0.29) is 11.8 Å². The van der Waals surface area contributed by atoms with E-state index >= 15 is 0 Å². The van der Waals surface area contributed by atoms with Gasteiger partial charge in [0.2, 0.25) is 5.91 Å². The highest BCUT2D eigenvalue weighted by Gasteiger charge is 2.25. The molecule has 0 spiro atoms. The summed E-state index contributed by atoms with van der Waals surface area (Å²) in [5.74, 6) is -0.117. The fraction of sp³-hybridized carbons (Fsp3) is 0.333. The number of aryl methyl sites for hydroxylation is 1. The van der Waals surface area contributed by atoms with Crippen LogP contribution >= 0.6 is 11.6 Å². The normalized spacial score (nSPS) is 12.0. The van der Waals surface area contributed by atoms with Crippen LogP contribution in [-0.4, -0.2) is 17.9 Å². The summed E-state index contributed by atoms with van der Waals surface area (Å²) in [6.45, 7) is 4.06. The van der Waals surface area contributed by atoms with Gasteiger partial charge in [0.15, 0.2) is 0 Å². The Balaban J connectivity index is 2.32. The molecular formula is C18H21ClN2O. The predicted octanol–water partition coefficient (Wildman–Crippen LogP) is 4.59. The molecule has 1 atom stereocenters. The average molecular weight is 317 g/mol. The topological polar surface area (TPSA) is 33.2 Å². The van der Waals surface area contributed by atoms with E-state index in [1.54, 1.807) is 24.3 Å². The van der Waals surface area contributed by atoms with Crippen molar-refractivity contribution in [3.8, 4) is 0 Å². The Kier molecular flexibility index (Phi) is 5.56. The molecule has 1 unspecified atom stereocenters. The summed E-state index contributed by atoms with van der Waals surface area (Å²) in [4.78, 5) is 18.8. The number of hydrogen-bond acceptors (Lipinski definition) is 2. The minimum Gasteiger partial charge on any atom is -0.313 e. The van der Waals surface area contributed by atoms with E-state index in [0.29, 0.717) is 5.02 Å². The van der Waals surface area contributed by atoms with E-state index in [2.05, 4.69) is 11.9 Å². The fourth-order valence-electron chi connectivity index (χ4n) is 2.60. The minimum atomic E-state index is -0.187. The number of hydrogen-bond donors (Lipinski definition) is 0. The molecule has 22 heavy (non-hydrogen) atoms. The molecule has 1 aromatic carbocycles. The number of nitrogens with zero attached hydrogens (tertiary/aromatic N) is 2. The molecule has 0 saturated carbocycles. The molecule has 1 aromatic heterocycles. The summed E-state index contributed by atoms with van der Waals surface area (Å²) in [6, 6.07) is 9.47. The van der Waals surface area contributed by atoms with Crippen molar-refractivity contribution >= 4 is 23.2 Å². The zero-order chi connectivity index (χ0) is 16.1. The van der Waals surface area contributed by atoms with Gasteiger partial charge in [-0.3, -0.25) is 9.78 Å². The largest absolute Gasteiger partial charge is 0.313 e. The number of carbonyl (C=O) groups is 1. The molecule has 1 amide bonds. The van der Waals surface area contributed by atoms with E-state index < -0.39 is 0 Å². The van der Waals surface area contributed by atoms with Gasteiger partial charge in [0.05, 0.1) is 17.8 Å². The number of amides is 1. The van der Waals surface area contributed by atoms with Crippen molar-refractivity contribution < 1.29 is 4.79 Å². The number of pyridine rings is 1. The summed E-state index contributed by atoms with van der Waals surface area (Å²) in [5.41, 5.74) is 2.84. The van der Waals surface area contributed by atoms with Crippen molar-refractivity contribution in [1.82, 2.24) is 4.98 Å². The predicted molar refractivity (Wildman–Crippen MR) is 91.5 cm³/mol. The first-order valence-electron chi connectivity index (χ1n) is 7.48. The highest BCUT2D eigenvalue weighted by molar-refractivity contribution is 6.30. The van der Waals surface area contributed by atoms with Crippen LogP contribution in [0.3, 0.4) is 0 Å². The third kappa shape index (κ3) is 3.66. The van der Waals surface area contributed by atoms with Gasteiger partial charge in [-0.1, -0.05) is 37.1 Å². The SMILES string of the molecule is CCCC(C(=O)N(C)c1cnccc1C)c1cccc(Cl)c1. The van der Waals surface area contributed by atoms with E-state index in [1.807, 2.05) is 37.3 Å². The third-order valence-electron chi connectivity index (χ3n) is 3.83. The lowest BCUT2D eigenvalue weighted by Gasteiger charge is -2.25. The van der Waals surface area contributed by atoms with Gasteiger partial charge in [0.25, 0.3) is 0 Å². The average Bonchev–Trinajstić information content (AvgIpc) is 2.52. The Labute approximate surface area is 136 Å². The van der Waals surface area contributed by atoms with Gasteiger partial charge in [0.1, 0.15) is 0 Å². The van der Waals surface area contributed by atoms with Crippen molar-refractivity contribution in [2.75, 3.05) is 11.9 Å². The highest BCUT2D eigenvalue weighted by atomic mass is 35.5. The van der Waals surface area contributed by atoms with Crippen molar-refractivity contribution in [3.05, 3.63) is 58.9 Å². The second kappa shape index (κ2) is 7.41. The number of halogens is 1. The van der Waals surface area contributed by atoms with E-state index in [9.17, 15) is 4.79 Å². The van der Waals surface area contributed by atoms with Crippen LogP contribution in [0.15, 0.2) is 42.7 Å². The number of carbonyl (C=O) groups excluding carboxylic acids is 1. The highest BCUT2D eigenvalue weighted by Crippen LogP contribution is 2.28. The standard InChI is InChI=1S/C18H21ClN2O/c1-4-6-16(14-7-5-8-15(19)11-14)18(22)21(3)17-12-20-10-9-13(17)2/h5,7-12,16H,4,6H2,1-3H3. The number of aromatic nitrogens is 1. The van der Waals surface area contributed by atoms with Gasteiger partial charge in [-0.25, -0.2) is 0 Å². The van der Waals surface area contributed by atoms with Crippen molar-refractivity contribution in [3.63, 3.8) is 0 Å². The summed E-state index contributed by atoms with van der Waals surface area (Å²) in [6.07, 6.45) is 5.19. The molecule has 0 fully saturated rings. The van der Waals surface area contributed by atoms with Crippen LogP contribution in [0.25, 0.3) is 0 Å². The van der Waals surface area contributed by atoms with Crippen molar-refractivity contribution in [2.45, 2.75) is 32.6 Å². The molecule has 0 N–H and O–H groups in total. The maximum absolute atomic E-state index is 13.0. The van der Waals surface area contributed by atoms with Gasteiger partial charge in [0, 0.05) is 18.3 Å². The van der Waals surface area contributed by atoms with E-state index in [4.69, 9.17) is 11.6 Å². The first kappa shape index (κ1) is 16.5. The quantitative estimate of drug-likeness (QED) is 0.808. The number of likely N-dealkylation sites (N-methyl/N-ethyl adjacent to an activating group) is 1. The second-order valence-corrected chi connectivity index (χ2v) is 5.89. The van der Waals surface area contributed by atoms with Crippen LogP contribution in [0.5, 0.6) is 0 Å². The maximum atomic E-state index is 13.0. The molecule has 4 heteroatoms. The van der Waals surface area contributed by atoms with Gasteiger partial charge in [-0.15, -0.1) is 0 Å². The molecule has 0 aliphatic rings.